The average Bonchev–Trinajstić information content (AvgIpc) is 2.29. The first kappa shape index (κ1) is 14.7. The molecule has 0 bridgehead atoms. The van der Waals surface area contributed by atoms with Crippen LogP contribution in [0.4, 0.5) is 0 Å². The Morgan fingerprint density at radius 2 is 1.83 bits per heavy atom. The monoisotopic (exact) mass is 266 g/mol. The summed E-state index contributed by atoms with van der Waals surface area (Å²) in [5.41, 5.74) is 0.539. The summed E-state index contributed by atoms with van der Waals surface area (Å²) in [7, 11) is 0.200. The van der Waals surface area contributed by atoms with Gasteiger partial charge in [0.05, 0.1) is 6.07 Å². The molecule has 1 unspecified atom stereocenters. The molecule has 0 aromatic heterocycles. The smallest absolute Gasteiger partial charge is 0.184 e. The van der Waals surface area contributed by atoms with Gasteiger partial charge in [-0.3, -0.25) is 0 Å². The van der Waals surface area contributed by atoms with E-state index in [0.29, 0.717) is 12.1 Å². The molecule has 1 rings (SSSR count). The fourth-order valence-corrected chi connectivity index (χ4v) is 3.03. The Bertz CT molecular complexity index is 532. The SMILES string of the molecule is CN(C)CCC(C#N)(c1ccccc1)S(C)(=O)=O. The third-order valence-corrected chi connectivity index (χ3v) is 4.76. The highest BCUT2D eigenvalue weighted by atomic mass is 32.2. The van der Waals surface area contributed by atoms with Crippen molar-refractivity contribution in [2.24, 2.45) is 0 Å². The number of nitrogens with zero attached hydrogens (tertiary/aromatic N) is 2. The Balaban J connectivity index is 3.30. The third kappa shape index (κ3) is 2.89. The summed E-state index contributed by atoms with van der Waals surface area (Å²) in [6.07, 6.45) is 1.39. The van der Waals surface area contributed by atoms with E-state index >= 15 is 0 Å². The molecule has 1 aromatic carbocycles. The Morgan fingerprint density at radius 3 is 2.22 bits per heavy atom. The van der Waals surface area contributed by atoms with Crippen LogP contribution in [0.5, 0.6) is 0 Å². The van der Waals surface area contributed by atoms with Crippen LogP contribution in [-0.2, 0) is 14.6 Å². The van der Waals surface area contributed by atoms with Crippen LogP contribution in [-0.4, -0.2) is 40.2 Å². The Hall–Kier alpha value is -1.38. The molecule has 0 saturated heterocycles. The molecule has 5 heteroatoms. The normalized spacial score (nSPS) is 15.1. The van der Waals surface area contributed by atoms with Crippen LogP contribution in [0.15, 0.2) is 30.3 Å². The Kier molecular flexibility index (Phi) is 4.49. The first-order valence-corrected chi connectivity index (χ1v) is 7.54. The van der Waals surface area contributed by atoms with E-state index in [-0.39, 0.29) is 6.42 Å². The van der Waals surface area contributed by atoms with Gasteiger partial charge in [-0.15, -0.1) is 0 Å². The van der Waals surface area contributed by atoms with Gasteiger partial charge in [0.15, 0.2) is 14.6 Å². The summed E-state index contributed by atoms with van der Waals surface area (Å²) < 4.78 is 22.7. The first-order chi connectivity index (χ1) is 8.33. The summed E-state index contributed by atoms with van der Waals surface area (Å²) in [6, 6.07) is 10.7. The van der Waals surface area contributed by atoms with Crippen LogP contribution >= 0.6 is 0 Å². The Morgan fingerprint density at radius 1 is 1.28 bits per heavy atom. The number of sulfone groups is 1. The molecular weight excluding hydrogens is 248 g/mol. The summed E-state index contributed by atoms with van der Waals surface area (Å²) in [4.78, 5) is 1.88. The molecule has 0 radical (unpaired) electrons. The standard InChI is InChI=1S/C13H18N2O2S/c1-15(2)10-9-13(11-14,18(3,16)17)12-7-5-4-6-8-12/h4-8H,9-10H2,1-3H3. The van der Waals surface area contributed by atoms with Gasteiger partial charge in [-0.25, -0.2) is 8.42 Å². The van der Waals surface area contributed by atoms with Crippen molar-refractivity contribution in [3.05, 3.63) is 35.9 Å². The van der Waals surface area contributed by atoms with E-state index in [1.807, 2.05) is 25.1 Å². The molecule has 0 heterocycles. The fraction of sp³-hybridized carbons (Fsp3) is 0.462. The second-order valence-corrected chi connectivity index (χ2v) is 6.87. The number of nitriles is 1. The van der Waals surface area contributed by atoms with Crippen molar-refractivity contribution >= 4 is 9.84 Å². The first-order valence-electron chi connectivity index (χ1n) is 5.64. The molecular formula is C13H18N2O2S. The maximum absolute atomic E-state index is 12.1. The second-order valence-electron chi connectivity index (χ2n) is 4.63. The number of benzene rings is 1. The average molecular weight is 266 g/mol. The molecule has 0 aliphatic heterocycles. The highest BCUT2D eigenvalue weighted by molar-refractivity contribution is 7.91. The molecule has 18 heavy (non-hydrogen) atoms. The van der Waals surface area contributed by atoms with Gasteiger partial charge in [0.1, 0.15) is 0 Å². The predicted molar refractivity (Wildman–Crippen MR) is 71.7 cm³/mol. The summed E-state index contributed by atoms with van der Waals surface area (Å²) in [6.45, 7) is 0.537. The van der Waals surface area contributed by atoms with E-state index in [1.54, 1.807) is 30.3 Å². The topological polar surface area (TPSA) is 61.2 Å². The van der Waals surface area contributed by atoms with Crippen molar-refractivity contribution in [2.75, 3.05) is 26.9 Å². The number of hydrogen-bond donors (Lipinski definition) is 0. The van der Waals surface area contributed by atoms with Gasteiger partial charge >= 0.3 is 0 Å². The molecule has 98 valence electrons. The van der Waals surface area contributed by atoms with Crippen molar-refractivity contribution in [1.29, 1.82) is 5.26 Å². The van der Waals surface area contributed by atoms with E-state index in [1.165, 1.54) is 0 Å². The van der Waals surface area contributed by atoms with Crippen molar-refractivity contribution in [3.8, 4) is 6.07 Å². The molecule has 1 atom stereocenters. The lowest BCUT2D eigenvalue weighted by Crippen LogP contribution is -2.36. The predicted octanol–water partition coefficient (Wildman–Crippen LogP) is 1.40. The lowest BCUT2D eigenvalue weighted by Gasteiger charge is -2.26. The van der Waals surface area contributed by atoms with E-state index in [0.717, 1.165) is 6.26 Å². The molecule has 0 aliphatic rings. The number of rotatable bonds is 5. The van der Waals surface area contributed by atoms with E-state index in [2.05, 4.69) is 0 Å². The van der Waals surface area contributed by atoms with E-state index in [4.69, 9.17) is 0 Å². The molecule has 0 amide bonds. The van der Waals surface area contributed by atoms with Gasteiger partial charge in [-0.1, -0.05) is 30.3 Å². The second kappa shape index (κ2) is 5.51. The lowest BCUT2D eigenvalue weighted by atomic mass is 9.96. The summed E-state index contributed by atoms with van der Waals surface area (Å²) >= 11 is 0. The molecule has 0 fully saturated rings. The van der Waals surface area contributed by atoms with Gasteiger partial charge in [0, 0.05) is 12.8 Å². The van der Waals surface area contributed by atoms with Crippen LogP contribution in [0.2, 0.25) is 0 Å². The van der Waals surface area contributed by atoms with E-state index < -0.39 is 14.6 Å². The van der Waals surface area contributed by atoms with Crippen molar-refractivity contribution in [2.45, 2.75) is 11.2 Å². The van der Waals surface area contributed by atoms with Crippen LogP contribution in [0.3, 0.4) is 0 Å². The molecule has 0 aliphatic carbocycles. The van der Waals surface area contributed by atoms with Crippen LogP contribution in [0, 0.1) is 11.3 Å². The van der Waals surface area contributed by atoms with Gasteiger partial charge in [-0.05, 0) is 26.1 Å². The maximum atomic E-state index is 12.1. The van der Waals surface area contributed by atoms with Gasteiger partial charge in [-0.2, -0.15) is 5.26 Å². The maximum Gasteiger partial charge on any atom is 0.184 e. The van der Waals surface area contributed by atoms with Crippen molar-refractivity contribution < 1.29 is 8.42 Å². The highest BCUT2D eigenvalue weighted by Crippen LogP contribution is 2.33. The zero-order valence-electron chi connectivity index (χ0n) is 10.9. The lowest BCUT2D eigenvalue weighted by molar-refractivity contribution is 0.381. The molecule has 0 N–H and O–H groups in total. The van der Waals surface area contributed by atoms with E-state index in [9.17, 15) is 13.7 Å². The van der Waals surface area contributed by atoms with Gasteiger partial charge in [0.25, 0.3) is 0 Å². The van der Waals surface area contributed by atoms with Crippen LogP contribution in [0.1, 0.15) is 12.0 Å². The minimum atomic E-state index is -3.51. The fourth-order valence-electron chi connectivity index (χ4n) is 1.84. The molecule has 4 nitrogen and oxygen atoms in total. The molecule has 1 aromatic rings. The number of hydrogen-bond acceptors (Lipinski definition) is 4. The van der Waals surface area contributed by atoms with Gasteiger partial charge in [0.2, 0.25) is 0 Å². The minimum absolute atomic E-state index is 0.263. The zero-order chi connectivity index (χ0) is 13.8. The summed E-state index contributed by atoms with van der Waals surface area (Å²) in [5, 5.41) is 9.43. The van der Waals surface area contributed by atoms with Crippen LogP contribution in [0.25, 0.3) is 0 Å². The van der Waals surface area contributed by atoms with Gasteiger partial charge < -0.3 is 4.90 Å². The van der Waals surface area contributed by atoms with Crippen LogP contribution < -0.4 is 0 Å². The highest BCUT2D eigenvalue weighted by Gasteiger charge is 2.42. The minimum Gasteiger partial charge on any atom is -0.309 e. The quantitative estimate of drug-likeness (QED) is 0.808. The summed E-state index contributed by atoms with van der Waals surface area (Å²) in [5.74, 6) is 0. The van der Waals surface area contributed by atoms with Crippen molar-refractivity contribution in [3.63, 3.8) is 0 Å². The largest absolute Gasteiger partial charge is 0.309 e. The molecule has 0 saturated carbocycles. The van der Waals surface area contributed by atoms with Crippen molar-refractivity contribution in [1.82, 2.24) is 4.90 Å². The third-order valence-electron chi connectivity index (χ3n) is 2.96. The zero-order valence-corrected chi connectivity index (χ0v) is 11.7. The Labute approximate surface area is 109 Å². The molecule has 0 spiro atoms.